The Morgan fingerprint density at radius 2 is 1.89 bits per heavy atom. The first-order valence-electron chi connectivity index (χ1n) is 8.79. The van der Waals surface area contributed by atoms with E-state index in [0.717, 1.165) is 16.7 Å². The molecule has 0 radical (unpaired) electrons. The van der Waals surface area contributed by atoms with Crippen molar-refractivity contribution in [2.45, 2.75) is 13.3 Å². The van der Waals surface area contributed by atoms with Gasteiger partial charge in [-0.15, -0.1) is 0 Å². The lowest BCUT2D eigenvalue weighted by Crippen LogP contribution is -2.51. The van der Waals surface area contributed by atoms with Crippen molar-refractivity contribution in [3.8, 4) is 0 Å². The number of nitrogens with zero attached hydrogens (tertiary/aromatic N) is 5. The van der Waals surface area contributed by atoms with Gasteiger partial charge < -0.3 is 14.2 Å². The van der Waals surface area contributed by atoms with Crippen molar-refractivity contribution < 1.29 is 14.0 Å². The number of piperazine rings is 1. The van der Waals surface area contributed by atoms with Gasteiger partial charge in [-0.3, -0.25) is 14.6 Å². The molecule has 0 atom stereocenters. The molecule has 138 valence electrons. The zero-order valence-electron chi connectivity index (χ0n) is 15.0. The fourth-order valence-electron chi connectivity index (χ4n) is 3.22. The van der Waals surface area contributed by atoms with Crippen molar-refractivity contribution >= 4 is 22.9 Å². The number of oxazole rings is 1. The fraction of sp³-hybridized carbons (Fsp3) is 0.316. The number of amides is 2. The van der Waals surface area contributed by atoms with Crippen LogP contribution in [0.4, 0.5) is 0 Å². The molecule has 1 aliphatic rings. The Hall–Kier alpha value is -3.29. The quantitative estimate of drug-likeness (QED) is 0.698. The Morgan fingerprint density at radius 3 is 2.63 bits per heavy atom. The largest absolute Gasteiger partial charge is 0.441 e. The van der Waals surface area contributed by atoms with Crippen LogP contribution in [0.3, 0.4) is 0 Å². The van der Waals surface area contributed by atoms with E-state index in [9.17, 15) is 9.59 Å². The molecule has 8 heteroatoms. The molecule has 2 amide bonds. The summed E-state index contributed by atoms with van der Waals surface area (Å²) in [5.41, 5.74) is 2.71. The van der Waals surface area contributed by atoms with Crippen LogP contribution in [-0.4, -0.2) is 62.7 Å². The summed E-state index contributed by atoms with van der Waals surface area (Å²) in [5.74, 6) is 0.501. The van der Waals surface area contributed by atoms with Gasteiger partial charge in [0, 0.05) is 45.5 Å². The van der Waals surface area contributed by atoms with Crippen LogP contribution in [0.1, 0.15) is 21.9 Å². The van der Waals surface area contributed by atoms with Gasteiger partial charge in [-0.1, -0.05) is 6.07 Å². The standard InChI is InChI=1S/C19H19N5O3/c1-13-22-15-10-14(2-3-17(15)27-13)11-18(25)23-6-8-24(9-7-23)19(26)16-12-20-4-5-21-16/h2-5,10,12H,6-9,11H2,1H3. The van der Waals surface area contributed by atoms with Gasteiger partial charge >= 0.3 is 0 Å². The minimum Gasteiger partial charge on any atom is -0.441 e. The highest BCUT2D eigenvalue weighted by Crippen LogP contribution is 2.18. The van der Waals surface area contributed by atoms with Gasteiger partial charge in [0.05, 0.1) is 12.6 Å². The average Bonchev–Trinajstić information content (AvgIpc) is 3.07. The van der Waals surface area contributed by atoms with Crippen LogP contribution < -0.4 is 0 Å². The predicted molar refractivity (Wildman–Crippen MR) is 97.0 cm³/mol. The van der Waals surface area contributed by atoms with Crippen LogP contribution in [0.5, 0.6) is 0 Å². The topological polar surface area (TPSA) is 92.4 Å². The summed E-state index contributed by atoms with van der Waals surface area (Å²) in [5, 5.41) is 0. The van der Waals surface area contributed by atoms with E-state index in [-0.39, 0.29) is 11.8 Å². The molecule has 3 aromatic rings. The molecular formula is C19H19N5O3. The number of aryl methyl sites for hydroxylation is 1. The lowest BCUT2D eigenvalue weighted by Gasteiger charge is -2.34. The zero-order chi connectivity index (χ0) is 18.8. The second-order valence-electron chi connectivity index (χ2n) is 6.48. The Labute approximate surface area is 155 Å². The fourth-order valence-corrected chi connectivity index (χ4v) is 3.22. The molecule has 0 N–H and O–H groups in total. The summed E-state index contributed by atoms with van der Waals surface area (Å²) in [6, 6.07) is 5.62. The van der Waals surface area contributed by atoms with Gasteiger partial charge in [-0.2, -0.15) is 0 Å². The van der Waals surface area contributed by atoms with Crippen molar-refractivity contribution in [2.24, 2.45) is 0 Å². The molecule has 1 saturated heterocycles. The third kappa shape index (κ3) is 3.64. The van der Waals surface area contributed by atoms with Gasteiger partial charge in [-0.05, 0) is 17.7 Å². The minimum absolute atomic E-state index is 0.0427. The van der Waals surface area contributed by atoms with Gasteiger partial charge in [0.1, 0.15) is 11.2 Å². The molecule has 27 heavy (non-hydrogen) atoms. The first-order valence-corrected chi connectivity index (χ1v) is 8.79. The molecule has 0 saturated carbocycles. The monoisotopic (exact) mass is 365 g/mol. The van der Waals surface area contributed by atoms with Gasteiger partial charge in [-0.25, -0.2) is 9.97 Å². The lowest BCUT2D eigenvalue weighted by molar-refractivity contribution is -0.131. The van der Waals surface area contributed by atoms with Crippen molar-refractivity contribution in [1.82, 2.24) is 24.8 Å². The highest BCUT2D eigenvalue weighted by molar-refractivity contribution is 5.92. The Balaban J connectivity index is 1.36. The summed E-state index contributed by atoms with van der Waals surface area (Å²) in [6.07, 6.45) is 4.80. The normalized spacial score (nSPS) is 14.6. The smallest absolute Gasteiger partial charge is 0.274 e. The molecule has 0 spiro atoms. The molecule has 4 rings (SSSR count). The Bertz CT molecular complexity index is 977. The van der Waals surface area contributed by atoms with E-state index in [1.807, 2.05) is 18.2 Å². The second kappa shape index (κ2) is 7.14. The Morgan fingerprint density at radius 1 is 1.11 bits per heavy atom. The first kappa shape index (κ1) is 17.1. The van der Waals surface area contributed by atoms with Gasteiger partial charge in [0.2, 0.25) is 5.91 Å². The zero-order valence-corrected chi connectivity index (χ0v) is 15.0. The van der Waals surface area contributed by atoms with E-state index < -0.39 is 0 Å². The van der Waals surface area contributed by atoms with Crippen LogP contribution in [0.25, 0.3) is 11.1 Å². The van der Waals surface area contributed by atoms with E-state index in [4.69, 9.17) is 4.42 Å². The van der Waals surface area contributed by atoms with Crippen LogP contribution >= 0.6 is 0 Å². The van der Waals surface area contributed by atoms with Gasteiger partial charge in [0.25, 0.3) is 5.91 Å². The van der Waals surface area contributed by atoms with Crippen molar-refractivity contribution in [1.29, 1.82) is 0 Å². The maximum absolute atomic E-state index is 12.6. The van der Waals surface area contributed by atoms with E-state index in [2.05, 4.69) is 15.0 Å². The molecule has 0 aliphatic carbocycles. The Kier molecular flexibility index (Phi) is 4.53. The highest BCUT2D eigenvalue weighted by atomic mass is 16.3. The molecule has 8 nitrogen and oxygen atoms in total. The van der Waals surface area contributed by atoms with Crippen molar-refractivity contribution in [3.05, 3.63) is 53.9 Å². The van der Waals surface area contributed by atoms with Gasteiger partial charge in [0.15, 0.2) is 11.5 Å². The number of aromatic nitrogens is 3. The number of rotatable bonds is 3. The van der Waals surface area contributed by atoms with Crippen LogP contribution in [0, 0.1) is 6.92 Å². The summed E-state index contributed by atoms with van der Waals surface area (Å²) >= 11 is 0. The maximum atomic E-state index is 12.6. The summed E-state index contributed by atoms with van der Waals surface area (Å²) in [4.78, 5) is 40.8. The summed E-state index contributed by atoms with van der Waals surface area (Å²) in [6.45, 7) is 3.80. The van der Waals surface area contributed by atoms with Crippen LogP contribution in [-0.2, 0) is 11.2 Å². The molecular weight excluding hydrogens is 346 g/mol. The van der Waals surface area contributed by atoms with E-state index >= 15 is 0 Å². The number of carbonyl (C=O) groups is 2. The molecule has 3 heterocycles. The SMILES string of the molecule is Cc1nc2cc(CC(=O)N3CCN(C(=O)c4cnccn4)CC3)ccc2o1. The molecule has 1 aliphatic heterocycles. The number of fused-ring (bicyclic) bond motifs is 1. The molecule has 0 bridgehead atoms. The summed E-state index contributed by atoms with van der Waals surface area (Å²) < 4.78 is 5.46. The third-order valence-electron chi connectivity index (χ3n) is 4.62. The summed E-state index contributed by atoms with van der Waals surface area (Å²) in [7, 11) is 0. The molecule has 1 fully saturated rings. The van der Waals surface area contributed by atoms with Crippen molar-refractivity contribution in [2.75, 3.05) is 26.2 Å². The minimum atomic E-state index is -0.151. The lowest BCUT2D eigenvalue weighted by atomic mass is 10.1. The second-order valence-corrected chi connectivity index (χ2v) is 6.48. The average molecular weight is 365 g/mol. The number of benzene rings is 1. The number of hydrogen-bond donors (Lipinski definition) is 0. The van der Waals surface area contributed by atoms with Crippen LogP contribution in [0.2, 0.25) is 0 Å². The van der Waals surface area contributed by atoms with Crippen molar-refractivity contribution in [3.63, 3.8) is 0 Å². The third-order valence-corrected chi connectivity index (χ3v) is 4.62. The number of hydrogen-bond acceptors (Lipinski definition) is 6. The molecule has 1 aromatic carbocycles. The predicted octanol–water partition coefficient (Wildman–Crippen LogP) is 1.45. The number of carbonyl (C=O) groups excluding carboxylic acids is 2. The van der Waals surface area contributed by atoms with E-state index in [1.165, 1.54) is 18.6 Å². The van der Waals surface area contributed by atoms with E-state index in [0.29, 0.717) is 44.2 Å². The maximum Gasteiger partial charge on any atom is 0.274 e. The van der Waals surface area contributed by atoms with Crippen LogP contribution in [0.15, 0.2) is 41.2 Å². The molecule has 0 unspecified atom stereocenters. The first-order chi connectivity index (χ1) is 13.1. The molecule has 2 aromatic heterocycles. The van der Waals surface area contributed by atoms with E-state index in [1.54, 1.807) is 16.7 Å². The highest BCUT2D eigenvalue weighted by Gasteiger charge is 2.25.